The van der Waals surface area contributed by atoms with Crippen molar-refractivity contribution >= 4 is 37.3 Å². The summed E-state index contributed by atoms with van der Waals surface area (Å²) in [5.74, 6) is -1.03. The number of esters is 1. The summed E-state index contributed by atoms with van der Waals surface area (Å²) in [5, 5.41) is -0.998. The average molecular weight is 333 g/mol. The molecule has 2 heterocycles. The molecule has 0 saturated carbocycles. The molecule has 0 spiro atoms. The van der Waals surface area contributed by atoms with E-state index in [4.69, 9.17) is 15.4 Å². The van der Waals surface area contributed by atoms with E-state index in [2.05, 4.69) is 4.98 Å². The molecule has 1 saturated heterocycles. The van der Waals surface area contributed by atoms with Gasteiger partial charge in [0.1, 0.15) is 5.25 Å². The Morgan fingerprint density at radius 1 is 1.57 bits per heavy atom. The number of nitrogens with zero attached hydrogens (tertiary/aromatic N) is 2. The lowest BCUT2D eigenvalue weighted by molar-refractivity contribution is -0.117. The highest BCUT2D eigenvalue weighted by Gasteiger charge is 2.39. The standard InChI is InChI=1S/C12H13ClN2O5S/c1-2-20-12(17)9-3-4-14-6-10(9)15-7-8(5-11(15)16)21(13,18)19/h3-4,6,8H,2,5,7H2,1H3. The second-order valence-corrected chi connectivity index (χ2v) is 7.33. The van der Waals surface area contributed by atoms with Crippen LogP contribution in [-0.4, -0.2) is 43.7 Å². The van der Waals surface area contributed by atoms with Gasteiger partial charge in [-0.3, -0.25) is 9.78 Å². The minimum absolute atomic E-state index is 0.108. The smallest absolute Gasteiger partial charge is 0.340 e. The molecule has 0 bridgehead atoms. The number of aromatic nitrogens is 1. The zero-order valence-electron chi connectivity index (χ0n) is 11.2. The van der Waals surface area contributed by atoms with Crippen LogP contribution in [0.5, 0.6) is 0 Å². The molecule has 0 radical (unpaired) electrons. The van der Waals surface area contributed by atoms with Gasteiger partial charge < -0.3 is 9.64 Å². The molecule has 21 heavy (non-hydrogen) atoms. The average Bonchev–Trinajstić information content (AvgIpc) is 2.81. The molecule has 1 aromatic rings. The van der Waals surface area contributed by atoms with Crippen LogP contribution in [0.25, 0.3) is 0 Å². The Bertz CT molecular complexity index is 676. The fourth-order valence-corrected chi connectivity index (χ4v) is 3.11. The van der Waals surface area contributed by atoms with Gasteiger partial charge in [-0.05, 0) is 13.0 Å². The maximum absolute atomic E-state index is 12.0. The van der Waals surface area contributed by atoms with Gasteiger partial charge in [0.15, 0.2) is 0 Å². The van der Waals surface area contributed by atoms with Crippen LogP contribution < -0.4 is 4.90 Å². The van der Waals surface area contributed by atoms with Crippen LogP contribution in [0.3, 0.4) is 0 Å². The molecular formula is C12H13ClN2O5S. The highest BCUT2D eigenvalue weighted by atomic mass is 35.7. The van der Waals surface area contributed by atoms with Crippen molar-refractivity contribution in [2.45, 2.75) is 18.6 Å². The molecule has 0 aliphatic carbocycles. The summed E-state index contributed by atoms with van der Waals surface area (Å²) in [7, 11) is 1.45. The molecule has 7 nitrogen and oxygen atoms in total. The molecule has 0 aromatic carbocycles. The summed E-state index contributed by atoms with van der Waals surface area (Å²) < 4.78 is 27.6. The Kier molecular flexibility index (Phi) is 4.48. The Morgan fingerprint density at radius 2 is 2.29 bits per heavy atom. The lowest BCUT2D eigenvalue weighted by atomic mass is 10.2. The van der Waals surface area contributed by atoms with Crippen molar-refractivity contribution in [3.63, 3.8) is 0 Å². The maximum atomic E-state index is 12.0. The lowest BCUT2D eigenvalue weighted by Gasteiger charge is -2.18. The van der Waals surface area contributed by atoms with Crippen molar-refractivity contribution in [2.75, 3.05) is 18.1 Å². The quantitative estimate of drug-likeness (QED) is 0.601. The predicted molar refractivity (Wildman–Crippen MR) is 75.7 cm³/mol. The number of rotatable bonds is 4. The van der Waals surface area contributed by atoms with E-state index in [0.29, 0.717) is 0 Å². The van der Waals surface area contributed by atoms with E-state index in [9.17, 15) is 18.0 Å². The van der Waals surface area contributed by atoms with Gasteiger partial charge in [-0.25, -0.2) is 13.2 Å². The van der Waals surface area contributed by atoms with Gasteiger partial charge in [0, 0.05) is 29.8 Å². The van der Waals surface area contributed by atoms with Gasteiger partial charge in [-0.1, -0.05) is 0 Å². The molecule has 1 aliphatic rings. The van der Waals surface area contributed by atoms with Crippen LogP contribution >= 0.6 is 10.7 Å². The van der Waals surface area contributed by atoms with Crippen LogP contribution in [0.15, 0.2) is 18.5 Å². The minimum atomic E-state index is -3.85. The third-order valence-electron chi connectivity index (χ3n) is 3.07. The van der Waals surface area contributed by atoms with E-state index >= 15 is 0 Å². The van der Waals surface area contributed by atoms with E-state index in [1.165, 1.54) is 23.4 Å². The van der Waals surface area contributed by atoms with Crippen LogP contribution in [0.2, 0.25) is 0 Å². The molecule has 1 amide bonds. The maximum Gasteiger partial charge on any atom is 0.340 e. The molecular weight excluding hydrogens is 320 g/mol. The molecule has 1 unspecified atom stereocenters. The van der Waals surface area contributed by atoms with Crippen LogP contribution in [0.4, 0.5) is 5.69 Å². The first kappa shape index (κ1) is 15.7. The van der Waals surface area contributed by atoms with Gasteiger partial charge in [0.05, 0.1) is 24.1 Å². The Labute approximate surface area is 126 Å². The first-order chi connectivity index (χ1) is 9.84. The number of anilines is 1. The Hall–Kier alpha value is -1.67. The highest BCUT2D eigenvalue weighted by Crippen LogP contribution is 2.29. The van der Waals surface area contributed by atoms with E-state index in [0.717, 1.165) is 0 Å². The monoisotopic (exact) mass is 332 g/mol. The number of halogens is 1. The zero-order chi connectivity index (χ0) is 15.6. The first-order valence-electron chi connectivity index (χ1n) is 6.19. The predicted octanol–water partition coefficient (Wildman–Crippen LogP) is 0.932. The summed E-state index contributed by atoms with van der Waals surface area (Å²) in [5.41, 5.74) is 0.386. The van der Waals surface area contributed by atoms with E-state index < -0.39 is 26.2 Å². The summed E-state index contributed by atoms with van der Waals surface area (Å²) in [6, 6.07) is 1.42. The number of pyridine rings is 1. The van der Waals surface area contributed by atoms with Gasteiger partial charge in [-0.2, -0.15) is 0 Å². The second kappa shape index (κ2) is 5.98. The molecule has 0 N–H and O–H groups in total. The molecule has 9 heteroatoms. The first-order valence-corrected chi connectivity index (χ1v) is 8.56. The second-order valence-electron chi connectivity index (χ2n) is 4.42. The number of amides is 1. The normalized spacial score (nSPS) is 18.9. The molecule has 2 rings (SSSR count). The largest absolute Gasteiger partial charge is 0.462 e. The van der Waals surface area contributed by atoms with Gasteiger partial charge in [0.25, 0.3) is 0 Å². The number of ether oxygens (including phenoxy) is 1. The topological polar surface area (TPSA) is 93.6 Å². The minimum Gasteiger partial charge on any atom is -0.462 e. The molecule has 1 atom stereocenters. The summed E-state index contributed by atoms with van der Waals surface area (Å²) in [4.78, 5) is 28.9. The zero-order valence-corrected chi connectivity index (χ0v) is 12.7. The van der Waals surface area contributed by atoms with Crippen molar-refractivity contribution in [1.82, 2.24) is 4.98 Å². The lowest BCUT2D eigenvalue weighted by Crippen LogP contribution is -2.28. The van der Waals surface area contributed by atoms with Crippen molar-refractivity contribution in [3.8, 4) is 0 Å². The number of carbonyl (C=O) groups excluding carboxylic acids is 2. The van der Waals surface area contributed by atoms with Gasteiger partial charge in [-0.15, -0.1) is 0 Å². The van der Waals surface area contributed by atoms with E-state index in [1.54, 1.807) is 6.92 Å². The van der Waals surface area contributed by atoms with Gasteiger partial charge >= 0.3 is 5.97 Å². The Morgan fingerprint density at radius 3 is 2.86 bits per heavy atom. The highest BCUT2D eigenvalue weighted by molar-refractivity contribution is 8.14. The third-order valence-corrected chi connectivity index (χ3v) is 4.94. The molecule has 1 aromatic heterocycles. The third kappa shape index (κ3) is 3.33. The molecule has 1 aliphatic heterocycles. The van der Waals surface area contributed by atoms with Crippen molar-refractivity contribution in [1.29, 1.82) is 0 Å². The van der Waals surface area contributed by atoms with Crippen LogP contribution in [0.1, 0.15) is 23.7 Å². The SMILES string of the molecule is CCOC(=O)c1ccncc1N1CC(S(=O)(=O)Cl)CC1=O. The summed E-state index contributed by atoms with van der Waals surface area (Å²) >= 11 is 0. The number of hydrogen-bond donors (Lipinski definition) is 0. The summed E-state index contributed by atoms with van der Waals surface area (Å²) in [6.45, 7) is 1.74. The molecule has 114 valence electrons. The fourth-order valence-electron chi connectivity index (χ4n) is 2.08. The summed E-state index contributed by atoms with van der Waals surface area (Å²) in [6.07, 6.45) is 2.50. The van der Waals surface area contributed by atoms with E-state index in [1.807, 2.05) is 0 Å². The Balaban J connectivity index is 2.35. The van der Waals surface area contributed by atoms with Crippen LogP contribution in [-0.2, 0) is 18.6 Å². The van der Waals surface area contributed by atoms with E-state index in [-0.39, 0.29) is 30.8 Å². The van der Waals surface area contributed by atoms with Crippen molar-refractivity contribution in [3.05, 3.63) is 24.0 Å². The van der Waals surface area contributed by atoms with Crippen molar-refractivity contribution < 1.29 is 22.7 Å². The van der Waals surface area contributed by atoms with Gasteiger partial charge in [0.2, 0.25) is 15.0 Å². The number of hydrogen-bond acceptors (Lipinski definition) is 6. The number of carbonyl (C=O) groups is 2. The van der Waals surface area contributed by atoms with Crippen molar-refractivity contribution in [2.24, 2.45) is 0 Å². The van der Waals surface area contributed by atoms with Crippen LogP contribution in [0, 0.1) is 0 Å². The molecule has 1 fully saturated rings. The fraction of sp³-hybridized carbons (Fsp3) is 0.417.